The van der Waals surface area contributed by atoms with Crippen LogP contribution in [-0.4, -0.2) is 42.4 Å². The van der Waals surface area contributed by atoms with Gasteiger partial charge in [0.1, 0.15) is 0 Å². The van der Waals surface area contributed by atoms with Gasteiger partial charge in [0, 0.05) is 35.5 Å². The summed E-state index contributed by atoms with van der Waals surface area (Å²) in [5, 5.41) is 2.29. The average Bonchev–Trinajstić information content (AvgIpc) is 3.02. The maximum atomic E-state index is 12.5. The molecule has 29 heavy (non-hydrogen) atoms. The third kappa shape index (κ3) is 5.28. The fourth-order valence-electron chi connectivity index (χ4n) is 3.27. The van der Waals surface area contributed by atoms with Crippen molar-refractivity contribution in [3.8, 4) is 0 Å². The quantitative estimate of drug-likeness (QED) is 0.296. The Morgan fingerprint density at radius 3 is 2.55 bits per heavy atom. The minimum absolute atomic E-state index is 0.165. The highest BCUT2D eigenvalue weighted by Gasteiger charge is 2.17. The number of ketones is 1. The lowest BCUT2D eigenvalue weighted by Gasteiger charge is -2.09. The highest BCUT2D eigenvalue weighted by molar-refractivity contribution is 8.00. The highest BCUT2D eigenvalue weighted by atomic mass is 32.2. The van der Waals surface area contributed by atoms with Crippen LogP contribution in [-0.2, 0) is 20.8 Å². The first kappa shape index (κ1) is 21.1. The lowest BCUT2D eigenvalue weighted by Crippen LogP contribution is -2.16. The van der Waals surface area contributed by atoms with Gasteiger partial charge in [0.25, 0.3) is 0 Å². The summed E-state index contributed by atoms with van der Waals surface area (Å²) in [5.41, 5.74) is 2.45. The smallest absolute Gasteiger partial charge is 0.316 e. The van der Waals surface area contributed by atoms with Gasteiger partial charge in [-0.3, -0.25) is 9.59 Å². The number of esters is 1. The number of nitrogens with zero attached hydrogens (tertiary/aromatic N) is 1. The molecule has 0 atom stereocenters. The van der Waals surface area contributed by atoms with E-state index in [1.165, 1.54) is 11.8 Å². The summed E-state index contributed by atoms with van der Waals surface area (Å²) in [4.78, 5) is 25.6. The molecule has 0 aliphatic heterocycles. The van der Waals surface area contributed by atoms with Crippen molar-refractivity contribution in [2.45, 2.75) is 25.3 Å². The van der Waals surface area contributed by atoms with E-state index in [0.717, 1.165) is 27.1 Å². The Kier molecular flexibility index (Phi) is 7.12. The van der Waals surface area contributed by atoms with Gasteiger partial charge in [0.2, 0.25) is 5.78 Å². The molecule has 3 aromatic rings. The first-order valence-corrected chi connectivity index (χ1v) is 10.4. The van der Waals surface area contributed by atoms with E-state index in [2.05, 4.69) is 6.07 Å². The predicted molar refractivity (Wildman–Crippen MR) is 116 cm³/mol. The lowest BCUT2D eigenvalue weighted by atomic mass is 10.1. The molecule has 0 aliphatic carbocycles. The highest BCUT2D eigenvalue weighted by Crippen LogP contribution is 2.23. The lowest BCUT2D eigenvalue weighted by molar-refractivity contribution is -0.139. The van der Waals surface area contributed by atoms with Crippen LogP contribution in [0.4, 0.5) is 0 Å². The summed E-state index contributed by atoms with van der Waals surface area (Å²) in [7, 11) is 1.65. The van der Waals surface area contributed by atoms with Crippen LogP contribution >= 0.6 is 11.8 Å². The average molecular weight is 412 g/mol. The number of rotatable bonds is 9. The topological polar surface area (TPSA) is 57.5 Å². The number of fused-ring (bicyclic) bond motifs is 1. The molecule has 0 unspecified atom stereocenters. The SMILES string of the molecule is COCCn1c(C)cc(C(=O)COC(=O)CSc2ccc3ccccc3c2)c1C. The molecule has 3 rings (SSSR count). The van der Waals surface area contributed by atoms with E-state index < -0.39 is 5.97 Å². The second-order valence-electron chi connectivity index (χ2n) is 6.81. The minimum atomic E-state index is -0.398. The van der Waals surface area contributed by atoms with Gasteiger partial charge in [-0.1, -0.05) is 30.3 Å². The Balaban J connectivity index is 1.53. The third-order valence-corrected chi connectivity index (χ3v) is 5.80. The number of methoxy groups -OCH3 is 1. The molecule has 6 heteroatoms. The van der Waals surface area contributed by atoms with Crippen LogP contribution in [0.5, 0.6) is 0 Å². The summed E-state index contributed by atoms with van der Waals surface area (Å²) in [6.07, 6.45) is 0. The van der Waals surface area contributed by atoms with Gasteiger partial charge < -0.3 is 14.0 Å². The maximum Gasteiger partial charge on any atom is 0.316 e. The van der Waals surface area contributed by atoms with Crippen molar-refractivity contribution in [2.75, 3.05) is 26.1 Å². The zero-order chi connectivity index (χ0) is 20.8. The van der Waals surface area contributed by atoms with E-state index >= 15 is 0 Å². The van der Waals surface area contributed by atoms with E-state index in [1.54, 1.807) is 7.11 Å². The first-order valence-electron chi connectivity index (χ1n) is 9.45. The molecule has 0 spiro atoms. The first-order chi connectivity index (χ1) is 14.0. The van der Waals surface area contributed by atoms with E-state index in [9.17, 15) is 9.59 Å². The number of carbonyl (C=O) groups excluding carboxylic acids is 2. The molecule has 0 aliphatic rings. The van der Waals surface area contributed by atoms with Gasteiger partial charge in [0.15, 0.2) is 6.61 Å². The normalized spacial score (nSPS) is 11.0. The molecular weight excluding hydrogens is 386 g/mol. The number of aryl methyl sites for hydroxylation is 1. The molecule has 2 aromatic carbocycles. The Bertz CT molecular complexity index is 1020. The van der Waals surface area contributed by atoms with Crippen LogP contribution in [0, 0.1) is 13.8 Å². The van der Waals surface area contributed by atoms with Gasteiger partial charge in [-0.05, 0) is 42.8 Å². The Labute approximate surface area is 175 Å². The molecular formula is C23H25NO4S. The molecule has 0 radical (unpaired) electrons. The largest absolute Gasteiger partial charge is 0.457 e. The Hall–Kier alpha value is -2.57. The van der Waals surface area contributed by atoms with Crippen molar-refractivity contribution >= 4 is 34.3 Å². The molecule has 152 valence electrons. The van der Waals surface area contributed by atoms with Crippen molar-refractivity contribution < 1.29 is 19.1 Å². The minimum Gasteiger partial charge on any atom is -0.457 e. The second kappa shape index (κ2) is 9.76. The molecule has 0 N–H and O–H groups in total. The van der Waals surface area contributed by atoms with Crippen LogP contribution in [0.15, 0.2) is 53.4 Å². The number of hydrogen-bond donors (Lipinski definition) is 0. The molecule has 0 saturated heterocycles. The number of benzene rings is 2. The van der Waals surface area contributed by atoms with Crippen LogP contribution < -0.4 is 0 Å². The van der Waals surface area contributed by atoms with Crippen molar-refractivity contribution in [3.05, 3.63) is 65.5 Å². The summed E-state index contributed by atoms with van der Waals surface area (Å²) < 4.78 is 12.4. The fourth-order valence-corrected chi connectivity index (χ4v) is 4.02. The summed E-state index contributed by atoms with van der Waals surface area (Å²) in [5.74, 6) is -0.422. The zero-order valence-corrected chi connectivity index (χ0v) is 17.8. The van der Waals surface area contributed by atoms with Crippen molar-refractivity contribution in [2.24, 2.45) is 0 Å². The number of carbonyl (C=O) groups is 2. The predicted octanol–water partition coefficient (Wildman–Crippen LogP) is 4.42. The second-order valence-corrected chi connectivity index (χ2v) is 7.86. The van der Waals surface area contributed by atoms with Gasteiger partial charge in [-0.2, -0.15) is 0 Å². The molecule has 0 fully saturated rings. The van der Waals surface area contributed by atoms with E-state index in [-0.39, 0.29) is 18.1 Å². The molecule has 0 bridgehead atoms. The van der Waals surface area contributed by atoms with E-state index in [4.69, 9.17) is 9.47 Å². The number of hydrogen-bond acceptors (Lipinski definition) is 5. The van der Waals surface area contributed by atoms with E-state index in [1.807, 2.05) is 60.9 Å². The number of ether oxygens (including phenoxy) is 2. The van der Waals surface area contributed by atoms with Crippen molar-refractivity contribution in [1.82, 2.24) is 4.57 Å². The summed E-state index contributed by atoms with van der Waals surface area (Å²) in [6, 6.07) is 16.0. The molecule has 1 aromatic heterocycles. The van der Waals surface area contributed by atoms with E-state index in [0.29, 0.717) is 18.7 Å². The standard InChI is InChI=1S/C23H25NO4S/c1-16-12-21(17(2)24(16)10-11-27-3)22(25)14-28-23(26)15-29-20-9-8-18-6-4-5-7-19(18)13-20/h4-9,12-13H,10-11,14-15H2,1-3H3. The van der Waals surface area contributed by atoms with Crippen molar-refractivity contribution in [1.29, 1.82) is 0 Å². The number of thioether (sulfide) groups is 1. The molecule has 0 amide bonds. The number of Topliss-reactive ketones (excluding diaryl/α,β-unsaturated/α-hetero) is 1. The summed E-state index contributed by atoms with van der Waals surface area (Å²) >= 11 is 1.41. The molecule has 1 heterocycles. The summed E-state index contributed by atoms with van der Waals surface area (Å²) in [6.45, 7) is 4.86. The van der Waals surface area contributed by atoms with Crippen molar-refractivity contribution in [3.63, 3.8) is 0 Å². The van der Waals surface area contributed by atoms with Gasteiger partial charge >= 0.3 is 5.97 Å². The van der Waals surface area contributed by atoms with Crippen LogP contribution in [0.2, 0.25) is 0 Å². The number of aromatic nitrogens is 1. The molecule has 5 nitrogen and oxygen atoms in total. The third-order valence-electron chi connectivity index (χ3n) is 4.83. The zero-order valence-electron chi connectivity index (χ0n) is 16.9. The van der Waals surface area contributed by atoms with Gasteiger partial charge in [-0.25, -0.2) is 0 Å². The van der Waals surface area contributed by atoms with Crippen LogP contribution in [0.1, 0.15) is 21.7 Å². The Morgan fingerprint density at radius 1 is 1.03 bits per heavy atom. The monoisotopic (exact) mass is 411 g/mol. The Morgan fingerprint density at radius 2 is 1.79 bits per heavy atom. The van der Waals surface area contributed by atoms with Crippen LogP contribution in [0.3, 0.4) is 0 Å². The van der Waals surface area contributed by atoms with Gasteiger partial charge in [0.05, 0.1) is 12.4 Å². The van der Waals surface area contributed by atoms with Gasteiger partial charge in [-0.15, -0.1) is 11.8 Å². The maximum absolute atomic E-state index is 12.5. The van der Waals surface area contributed by atoms with Crippen LogP contribution in [0.25, 0.3) is 10.8 Å². The fraction of sp³-hybridized carbons (Fsp3) is 0.304. The molecule has 0 saturated carbocycles.